The number of fused-ring (bicyclic) bond motifs is 7. The molecule has 0 saturated carbocycles. The van der Waals surface area contributed by atoms with Gasteiger partial charge in [0.25, 0.3) is 0 Å². The molecule has 0 saturated heterocycles. The van der Waals surface area contributed by atoms with Crippen LogP contribution in [0.3, 0.4) is 0 Å². The lowest BCUT2D eigenvalue weighted by atomic mass is 9.65. The van der Waals surface area contributed by atoms with E-state index in [1.54, 1.807) is 33.8 Å². The normalized spacial score (nSPS) is 14.3. The third-order valence-corrected chi connectivity index (χ3v) is 19.2. The molecule has 2 unspecified atom stereocenters. The molecule has 10 aromatic rings. The summed E-state index contributed by atoms with van der Waals surface area (Å²) in [6.45, 7) is 9.54. The molecule has 6 heterocycles. The molecule has 63 heavy (non-hydrogen) atoms. The standard InChI is InChI=1S/C51H48N6S6/c1-5-9-15-29(7-3)27-51(28-30(8-4)16-10-6-2)35-25-41(31-21-23-33(45-43(31)54-62-56-45)49-52-37-17-11-13-19-39(37)60-49)58-47(35)48-36(51)26-42(59-48)32-22-24-34(46-44(32)55-63-57-46)50-53-38-18-12-14-20-40(38)61-50/h11-14,17-26,29-30H,5-10,15-16,27-28H2,1-4H3. The van der Waals surface area contributed by atoms with Crippen LogP contribution in [0.25, 0.3) is 94.3 Å². The maximum absolute atomic E-state index is 5.03. The zero-order chi connectivity index (χ0) is 42.7. The number of nitrogens with zero attached hydrogens (tertiary/aromatic N) is 6. The molecule has 0 spiro atoms. The lowest BCUT2D eigenvalue weighted by Gasteiger charge is -2.37. The van der Waals surface area contributed by atoms with Crippen LogP contribution in [0, 0.1) is 11.8 Å². The lowest BCUT2D eigenvalue weighted by molar-refractivity contribution is 0.266. The van der Waals surface area contributed by atoms with Gasteiger partial charge in [0.2, 0.25) is 0 Å². The summed E-state index contributed by atoms with van der Waals surface area (Å²) in [5.74, 6) is 1.29. The average Bonchev–Trinajstić information content (AvgIpc) is 4.17. The minimum atomic E-state index is -0.0856. The largest absolute Gasteiger partial charge is 0.236 e. The highest BCUT2D eigenvalue weighted by Crippen LogP contribution is 2.63. The molecule has 11 rings (SSSR count). The van der Waals surface area contributed by atoms with Gasteiger partial charge in [0.15, 0.2) is 0 Å². The van der Waals surface area contributed by atoms with Gasteiger partial charge < -0.3 is 0 Å². The Bertz CT molecular complexity index is 2970. The van der Waals surface area contributed by atoms with Crippen molar-refractivity contribution < 1.29 is 0 Å². The number of para-hydroxylation sites is 2. The van der Waals surface area contributed by atoms with E-state index in [9.17, 15) is 0 Å². The topological polar surface area (TPSA) is 77.3 Å². The van der Waals surface area contributed by atoms with Crippen molar-refractivity contribution in [1.29, 1.82) is 0 Å². The fraction of sp³-hybridized carbons (Fsp3) is 0.333. The van der Waals surface area contributed by atoms with Crippen LogP contribution in [0.5, 0.6) is 0 Å². The Labute approximate surface area is 392 Å². The molecule has 4 aromatic carbocycles. The Morgan fingerprint density at radius 3 is 1.32 bits per heavy atom. The van der Waals surface area contributed by atoms with E-state index < -0.39 is 0 Å². The smallest absolute Gasteiger partial charge is 0.126 e. The first-order valence-corrected chi connectivity index (χ1v) is 27.2. The van der Waals surface area contributed by atoms with Crippen LogP contribution in [-0.2, 0) is 5.41 Å². The average molecular weight is 937 g/mol. The molecule has 0 amide bonds. The zero-order valence-corrected chi connectivity index (χ0v) is 40.8. The predicted molar refractivity (Wildman–Crippen MR) is 274 cm³/mol. The number of unbranched alkanes of at least 4 members (excludes halogenated alkanes) is 2. The van der Waals surface area contributed by atoms with Crippen LogP contribution < -0.4 is 0 Å². The molecule has 0 aliphatic heterocycles. The molecule has 0 radical (unpaired) electrons. The Kier molecular flexibility index (Phi) is 11.3. The summed E-state index contributed by atoms with van der Waals surface area (Å²) in [5.41, 5.74) is 13.4. The summed E-state index contributed by atoms with van der Waals surface area (Å²) in [6.07, 6.45) is 12.3. The van der Waals surface area contributed by atoms with Crippen molar-refractivity contribution in [2.24, 2.45) is 11.8 Å². The third kappa shape index (κ3) is 7.20. The van der Waals surface area contributed by atoms with Crippen LogP contribution in [0.15, 0.2) is 84.9 Å². The molecule has 12 heteroatoms. The Balaban J connectivity index is 1.08. The van der Waals surface area contributed by atoms with Gasteiger partial charge in [-0.1, -0.05) is 115 Å². The molecule has 1 aliphatic carbocycles. The number of thiophene rings is 2. The number of hydrogen-bond acceptors (Lipinski definition) is 12. The number of hydrogen-bond donors (Lipinski definition) is 0. The quantitative estimate of drug-likeness (QED) is 0.0960. The van der Waals surface area contributed by atoms with Crippen molar-refractivity contribution in [3.63, 3.8) is 0 Å². The fourth-order valence-electron chi connectivity index (χ4n) is 10.1. The monoisotopic (exact) mass is 936 g/mol. The van der Waals surface area contributed by atoms with Crippen LogP contribution in [0.2, 0.25) is 0 Å². The van der Waals surface area contributed by atoms with Crippen molar-refractivity contribution in [3.8, 4) is 51.8 Å². The molecule has 1 aliphatic rings. The SMILES string of the molecule is CCCCC(CC)CC1(CC(CC)CCCC)c2cc(-c3ccc(-c4nc5ccccc5s4)c4nsnc34)sc2-c2sc(-c3ccc(-c4nc5ccccc5s4)c4nsnc34)cc21. The predicted octanol–water partition coefficient (Wildman–Crippen LogP) is 17.2. The summed E-state index contributed by atoms with van der Waals surface area (Å²) in [4.78, 5) is 15.5. The maximum Gasteiger partial charge on any atom is 0.126 e. The summed E-state index contributed by atoms with van der Waals surface area (Å²) in [5, 5.41) is 1.99. The summed E-state index contributed by atoms with van der Waals surface area (Å²) < 4.78 is 22.2. The van der Waals surface area contributed by atoms with E-state index in [0.29, 0.717) is 11.8 Å². The second-order valence-electron chi connectivity index (χ2n) is 17.2. The summed E-state index contributed by atoms with van der Waals surface area (Å²) in [7, 11) is 0. The van der Waals surface area contributed by atoms with Crippen LogP contribution >= 0.6 is 68.8 Å². The van der Waals surface area contributed by atoms with Gasteiger partial charge in [-0.2, -0.15) is 17.5 Å². The van der Waals surface area contributed by atoms with Crippen molar-refractivity contribution in [2.75, 3.05) is 0 Å². The molecule has 0 N–H and O–H groups in total. The molecule has 0 bridgehead atoms. The van der Waals surface area contributed by atoms with Gasteiger partial charge in [-0.25, -0.2) is 9.97 Å². The van der Waals surface area contributed by atoms with E-state index in [-0.39, 0.29) is 5.41 Å². The molecule has 2 atom stereocenters. The van der Waals surface area contributed by atoms with E-state index in [1.807, 2.05) is 22.7 Å². The van der Waals surface area contributed by atoms with Gasteiger partial charge in [0, 0.05) is 47.2 Å². The van der Waals surface area contributed by atoms with Gasteiger partial charge in [0.1, 0.15) is 32.1 Å². The van der Waals surface area contributed by atoms with E-state index >= 15 is 0 Å². The van der Waals surface area contributed by atoms with Crippen LogP contribution in [0.1, 0.15) is 103 Å². The molecule has 6 nitrogen and oxygen atoms in total. The van der Waals surface area contributed by atoms with Gasteiger partial charge >= 0.3 is 0 Å². The minimum absolute atomic E-state index is 0.0856. The lowest BCUT2D eigenvalue weighted by Crippen LogP contribution is -2.31. The Morgan fingerprint density at radius 1 is 0.492 bits per heavy atom. The van der Waals surface area contributed by atoms with Crippen LogP contribution in [0.4, 0.5) is 0 Å². The molecule has 6 aromatic heterocycles. The first-order valence-electron chi connectivity index (χ1n) is 22.5. The van der Waals surface area contributed by atoms with E-state index in [4.69, 9.17) is 27.5 Å². The number of rotatable bonds is 16. The third-order valence-electron chi connectivity index (χ3n) is 13.5. The van der Waals surface area contributed by atoms with E-state index in [0.717, 1.165) is 54.2 Å². The zero-order valence-electron chi connectivity index (χ0n) is 35.9. The molecule has 0 fully saturated rings. The van der Waals surface area contributed by atoms with Crippen molar-refractivity contribution in [3.05, 3.63) is 96.1 Å². The van der Waals surface area contributed by atoms with Crippen molar-refractivity contribution in [1.82, 2.24) is 27.5 Å². The number of thiazole rings is 2. The highest BCUT2D eigenvalue weighted by Gasteiger charge is 2.48. The van der Waals surface area contributed by atoms with E-state index in [2.05, 4.69) is 113 Å². The Hall–Kier alpha value is -4.30. The van der Waals surface area contributed by atoms with Gasteiger partial charge in [-0.15, -0.1) is 45.3 Å². The van der Waals surface area contributed by atoms with Crippen molar-refractivity contribution >= 4 is 111 Å². The van der Waals surface area contributed by atoms with Gasteiger partial charge in [0.05, 0.1) is 43.9 Å². The first-order chi connectivity index (χ1) is 31.0. The second kappa shape index (κ2) is 17.2. The molecular formula is C51H48N6S6. The fourth-order valence-corrected chi connectivity index (χ4v) is 15.9. The minimum Gasteiger partial charge on any atom is -0.236 e. The first kappa shape index (κ1) is 41.4. The number of aromatic nitrogens is 6. The van der Waals surface area contributed by atoms with E-state index in [1.165, 1.54) is 128 Å². The highest BCUT2D eigenvalue weighted by molar-refractivity contribution is 7.26. The highest BCUT2D eigenvalue weighted by atomic mass is 32.1. The summed E-state index contributed by atoms with van der Waals surface area (Å²) in [6, 6.07) is 31.0. The maximum atomic E-state index is 5.03. The van der Waals surface area contributed by atoms with Crippen LogP contribution in [-0.4, -0.2) is 27.5 Å². The Morgan fingerprint density at radius 2 is 0.905 bits per heavy atom. The van der Waals surface area contributed by atoms with Crippen molar-refractivity contribution in [2.45, 2.75) is 97.3 Å². The van der Waals surface area contributed by atoms with Gasteiger partial charge in [-0.3, -0.25) is 0 Å². The second-order valence-corrected chi connectivity index (χ2v) is 22.5. The molecular weight excluding hydrogens is 889 g/mol. The van der Waals surface area contributed by atoms with Gasteiger partial charge in [-0.05, 0) is 84.3 Å². The molecule has 318 valence electrons. The summed E-state index contributed by atoms with van der Waals surface area (Å²) >= 11 is 10.0. The number of benzene rings is 4.